The zero-order chi connectivity index (χ0) is 16.4. The van der Waals surface area contributed by atoms with Gasteiger partial charge in [0, 0.05) is 23.0 Å². The lowest BCUT2D eigenvalue weighted by Gasteiger charge is -2.21. The van der Waals surface area contributed by atoms with Gasteiger partial charge in [0.2, 0.25) is 6.79 Å². The summed E-state index contributed by atoms with van der Waals surface area (Å²) in [7, 11) is 0. The van der Waals surface area contributed by atoms with E-state index >= 15 is 0 Å². The number of nitro benzene ring substituents is 1. The summed E-state index contributed by atoms with van der Waals surface area (Å²) in [6.45, 7) is 4.76. The smallest absolute Gasteiger partial charge is 0.277 e. The van der Waals surface area contributed by atoms with Crippen LogP contribution in [0.2, 0.25) is 0 Å². The van der Waals surface area contributed by atoms with Crippen LogP contribution in [-0.2, 0) is 6.54 Å². The number of nitrogens with zero attached hydrogens (tertiary/aromatic N) is 1. The highest BCUT2D eigenvalue weighted by Crippen LogP contribution is 2.38. The van der Waals surface area contributed by atoms with E-state index < -0.39 is 0 Å². The summed E-state index contributed by atoms with van der Waals surface area (Å²) in [5.41, 5.74) is 0.650. The van der Waals surface area contributed by atoms with Gasteiger partial charge >= 0.3 is 0 Å². The predicted molar refractivity (Wildman–Crippen MR) is 95.2 cm³/mol. The van der Waals surface area contributed by atoms with Crippen molar-refractivity contribution in [2.45, 2.75) is 26.4 Å². The lowest BCUT2D eigenvalue weighted by molar-refractivity contribution is -0.385. The highest BCUT2D eigenvalue weighted by atomic mass is 35.5. The molecule has 2 aromatic rings. The molecular formula is C16H19ClN2O4S. The third kappa shape index (κ3) is 3.80. The van der Waals surface area contributed by atoms with Gasteiger partial charge in [-0.1, -0.05) is 19.9 Å². The third-order valence-electron chi connectivity index (χ3n) is 3.80. The molecular weight excluding hydrogens is 352 g/mol. The molecule has 0 fully saturated rings. The number of benzene rings is 1. The maximum atomic E-state index is 11.3. The monoisotopic (exact) mass is 370 g/mol. The average Bonchev–Trinajstić information content (AvgIpc) is 3.16. The Bertz CT molecular complexity index is 706. The van der Waals surface area contributed by atoms with Gasteiger partial charge in [-0.3, -0.25) is 10.1 Å². The van der Waals surface area contributed by atoms with Crippen molar-refractivity contribution in [1.82, 2.24) is 5.32 Å². The van der Waals surface area contributed by atoms with Crippen molar-refractivity contribution in [3.05, 3.63) is 50.2 Å². The standard InChI is InChI=1S/C16H18N2O4S.ClH/c1-10(2)16(15-4-3-5-23-15)17-8-11-6-13-14(22-9-21-13)7-12(11)18(19)20;/h3-7,10,16-17H,8-9H2,1-2H3;1H. The Labute approximate surface area is 150 Å². The molecule has 8 heteroatoms. The van der Waals surface area contributed by atoms with Gasteiger partial charge in [0.05, 0.1) is 11.0 Å². The summed E-state index contributed by atoms with van der Waals surface area (Å²) in [6, 6.07) is 7.38. The Hall–Kier alpha value is -1.83. The van der Waals surface area contributed by atoms with Crippen LogP contribution in [0.1, 0.15) is 30.3 Å². The van der Waals surface area contributed by atoms with Gasteiger partial charge in [-0.2, -0.15) is 0 Å². The quantitative estimate of drug-likeness (QED) is 0.606. The topological polar surface area (TPSA) is 73.6 Å². The molecule has 2 heterocycles. The maximum Gasteiger partial charge on any atom is 0.277 e. The van der Waals surface area contributed by atoms with E-state index in [9.17, 15) is 10.1 Å². The lowest BCUT2D eigenvalue weighted by atomic mass is 10.0. The largest absolute Gasteiger partial charge is 0.454 e. The molecule has 1 unspecified atom stereocenters. The number of fused-ring (bicyclic) bond motifs is 1. The van der Waals surface area contributed by atoms with E-state index in [1.807, 2.05) is 11.4 Å². The van der Waals surface area contributed by atoms with Crippen LogP contribution in [0.25, 0.3) is 0 Å². The molecule has 0 radical (unpaired) electrons. The molecule has 0 spiro atoms. The Morgan fingerprint density at radius 1 is 1.33 bits per heavy atom. The third-order valence-corrected chi connectivity index (χ3v) is 4.75. The summed E-state index contributed by atoms with van der Waals surface area (Å²) in [6.07, 6.45) is 0. The summed E-state index contributed by atoms with van der Waals surface area (Å²) >= 11 is 1.68. The van der Waals surface area contributed by atoms with Crippen LogP contribution in [0, 0.1) is 16.0 Å². The molecule has 130 valence electrons. The van der Waals surface area contributed by atoms with Gasteiger partial charge in [-0.25, -0.2) is 0 Å². The van der Waals surface area contributed by atoms with Crippen LogP contribution >= 0.6 is 23.7 Å². The van der Waals surface area contributed by atoms with Crippen LogP contribution in [-0.4, -0.2) is 11.7 Å². The highest BCUT2D eigenvalue weighted by Gasteiger charge is 2.24. The molecule has 6 nitrogen and oxygen atoms in total. The molecule has 1 atom stereocenters. The summed E-state index contributed by atoms with van der Waals surface area (Å²) in [5.74, 6) is 1.37. The van der Waals surface area contributed by atoms with Gasteiger partial charge < -0.3 is 14.8 Å². The van der Waals surface area contributed by atoms with Crippen molar-refractivity contribution in [3.8, 4) is 11.5 Å². The summed E-state index contributed by atoms with van der Waals surface area (Å²) < 4.78 is 10.6. The highest BCUT2D eigenvalue weighted by molar-refractivity contribution is 7.10. The number of rotatable bonds is 6. The molecule has 3 rings (SSSR count). The number of hydrogen-bond donors (Lipinski definition) is 1. The first-order chi connectivity index (χ1) is 11.1. The molecule has 1 aromatic heterocycles. The van der Waals surface area contributed by atoms with Gasteiger partial charge in [0.1, 0.15) is 0 Å². The maximum absolute atomic E-state index is 11.3. The first kappa shape index (κ1) is 18.5. The van der Waals surface area contributed by atoms with E-state index in [1.54, 1.807) is 17.4 Å². The van der Waals surface area contributed by atoms with Crippen molar-refractivity contribution in [2.24, 2.45) is 5.92 Å². The van der Waals surface area contributed by atoms with Gasteiger partial charge in [0.25, 0.3) is 5.69 Å². The number of thiophene rings is 1. The second-order valence-electron chi connectivity index (χ2n) is 5.71. The fraction of sp³-hybridized carbons (Fsp3) is 0.375. The molecule has 1 N–H and O–H groups in total. The second-order valence-corrected chi connectivity index (χ2v) is 6.69. The Balaban J connectivity index is 0.00000208. The van der Waals surface area contributed by atoms with Crippen molar-refractivity contribution in [1.29, 1.82) is 0 Å². The average molecular weight is 371 g/mol. The first-order valence-electron chi connectivity index (χ1n) is 7.40. The van der Waals surface area contributed by atoms with E-state index in [4.69, 9.17) is 9.47 Å². The van der Waals surface area contributed by atoms with Crippen molar-refractivity contribution >= 4 is 29.4 Å². The van der Waals surface area contributed by atoms with Crippen molar-refractivity contribution in [2.75, 3.05) is 6.79 Å². The van der Waals surface area contributed by atoms with Crippen LogP contribution in [0.5, 0.6) is 11.5 Å². The van der Waals surface area contributed by atoms with Crippen LogP contribution in [0.3, 0.4) is 0 Å². The Morgan fingerprint density at radius 3 is 2.62 bits per heavy atom. The van der Waals surface area contributed by atoms with E-state index in [-0.39, 0.29) is 35.9 Å². The summed E-state index contributed by atoms with van der Waals surface area (Å²) in [4.78, 5) is 12.2. The number of nitro groups is 1. The molecule has 0 saturated heterocycles. The van der Waals surface area contributed by atoms with E-state index in [0.717, 1.165) is 0 Å². The molecule has 0 saturated carbocycles. The minimum Gasteiger partial charge on any atom is -0.454 e. The van der Waals surface area contributed by atoms with Crippen LogP contribution in [0.4, 0.5) is 5.69 Å². The predicted octanol–water partition coefficient (Wildman–Crippen LogP) is 4.29. The number of ether oxygens (including phenoxy) is 2. The van der Waals surface area contributed by atoms with Crippen LogP contribution < -0.4 is 14.8 Å². The number of halogens is 1. The van der Waals surface area contributed by atoms with E-state index in [1.165, 1.54) is 10.9 Å². The van der Waals surface area contributed by atoms with Crippen molar-refractivity contribution < 1.29 is 14.4 Å². The van der Waals surface area contributed by atoms with E-state index in [2.05, 4.69) is 25.2 Å². The SMILES string of the molecule is CC(C)C(NCc1cc2c(cc1[N+](=O)[O-])OCO2)c1cccs1.Cl. The van der Waals surface area contributed by atoms with Crippen molar-refractivity contribution in [3.63, 3.8) is 0 Å². The zero-order valence-corrected chi connectivity index (χ0v) is 15.0. The fourth-order valence-electron chi connectivity index (χ4n) is 2.64. The molecule has 0 bridgehead atoms. The molecule has 1 aromatic carbocycles. The summed E-state index contributed by atoms with van der Waals surface area (Å²) in [5, 5.41) is 16.8. The Kier molecular flexibility index (Phi) is 6.04. The van der Waals surface area contributed by atoms with Gasteiger partial charge in [-0.05, 0) is 23.4 Å². The Morgan fingerprint density at radius 2 is 2.04 bits per heavy atom. The van der Waals surface area contributed by atoms with Crippen LogP contribution in [0.15, 0.2) is 29.6 Å². The minimum absolute atomic E-state index is 0. The van der Waals surface area contributed by atoms with E-state index in [0.29, 0.717) is 29.5 Å². The molecule has 0 aliphatic carbocycles. The molecule has 24 heavy (non-hydrogen) atoms. The molecule has 1 aliphatic heterocycles. The lowest BCUT2D eigenvalue weighted by Crippen LogP contribution is -2.25. The zero-order valence-electron chi connectivity index (χ0n) is 13.4. The first-order valence-corrected chi connectivity index (χ1v) is 8.28. The molecule has 0 amide bonds. The van der Waals surface area contributed by atoms with Gasteiger partial charge in [0.15, 0.2) is 11.5 Å². The second kappa shape index (κ2) is 7.83. The number of nitrogens with one attached hydrogen (secondary N) is 1. The van der Waals surface area contributed by atoms with Gasteiger partial charge in [-0.15, -0.1) is 23.7 Å². The normalized spacial score (nSPS) is 13.6. The number of hydrogen-bond acceptors (Lipinski definition) is 6. The minimum atomic E-state index is -0.380. The fourth-order valence-corrected chi connectivity index (χ4v) is 3.61. The molecule has 1 aliphatic rings.